The van der Waals surface area contributed by atoms with Crippen molar-refractivity contribution in [1.82, 2.24) is 5.32 Å². The Labute approximate surface area is 104 Å². The van der Waals surface area contributed by atoms with E-state index >= 15 is 0 Å². The van der Waals surface area contributed by atoms with Crippen molar-refractivity contribution in [3.8, 4) is 0 Å². The number of nitrogen functional groups attached to an aromatic ring is 1. The van der Waals surface area contributed by atoms with Crippen LogP contribution in [0.15, 0.2) is 36.4 Å². The lowest BCUT2D eigenvalue weighted by molar-refractivity contribution is -0.117. The summed E-state index contributed by atoms with van der Waals surface area (Å²) in [7, 11) is 0. The number of carbonyl (C=O) groups excluding carboxylic acids is 2. The summed E-state index contributed by atoms with van der Waals surface area (Å²) in [5, 5.41) is 4.28. The van der Waals surface area contributed by atoms with Crippen LogP contribution in [0.3, 0.4) is 0 Å². The van der Waals surface area contributed by atoms with E-state index < -0.39 is 11.8 Å². The third kappa shape index (κ3) is 2.40. The second kappa shape index (κ2) is 4.75. The van der Waals surface area contributed by atoms with Gasteiger partial charge in [0.2, 0.25) is 5.91 Å². The standard InChI is InChI=1S/C13H13N3O2/c14-11-6-9-4-2-1-3-8(9)5-10(11)13(18)16-7-12(15)17/h1-6H,7,14H2,(H2,15,17)(H,16,18). The van der Waals surface area contributed by atoms with Gasteiger partial charge in [0, 0.05) is 5.69 Å². The molecule has 2 rings (SSSR count). The molecule has 0 saturated heterocycles. The van der Waals surface area contributed by atoms with Crippen molar-refractivity contribution < 1.29 is 9.59 Å². The Balaban J connectivity index is 2.35. The first kappa shape index (κ1) is 11.9. The fraction of sp³-hybridized carbons (Fsp3) is 0.0769. The van der Waals surface area contributed by atoms with Gasteiger partial charge < -0.3 is 16.8 Å². The number of anilines is 1. The first-order valence-corrected chi connectivity index (χ1v) is 5.42. The highest BCUT2D eigenvalue weighted by Gasteiger charge is 2.11. The summed E-state index contributed by atoms with van der Waals surface area (Å²) in [4.78, 5) is 22.4. The number of primary amides is 1. The quantitative estimate of drug-likeness (QED) is 0.690. The lowest BCUT2D eigenvalue weighted by Gasteiger charge is -2.08. The molecule has 0 radical (unpaired) electrons. The highest BCUT2D eigenvalue weighted by molar-refractivity contribution is 6.04. The smallest absolute Gasteiger partial charge is 0.253 e. The molecule has 18 heavy (non-hydrogen) atoms. The Kier molecular flexibility index (Phi) is 3.14. The predicted octanol–water partition coefficient (Wildman–Crippen LogP) is 0.637. The Morgan fingerprint density at radius 2 is 1.72 bits per heavy atom. The number of hydrogen-bond acceptors (Lipinski definition) is 3. The molecule has 0 aromatic heterocycles. The summed E-state index contributed by atoms with van der Waals surface area (Å²) in [5.41, 5.74) is 11.5. The number of nitrogens with one attached hydrogen (secondary N) is 1. The number of hydrogen-bond donors (Lipinski definition) is 3. The summed E-state index contributed by atoms with van der Waals surface area (Å²) < 4.78 is 0. The molecule has 0 aliphatic carbocycles. The molecule has 5 heteroatoms. The number of amides is 2. The first-order chi connectivity index (χ1) is 8.58. The van der Waals surface area contributed by atoms with E-state index in [9.17, 15) is 9.59 Å². The van der Waals surface area contributed by atoms with E-state index in [-0.39, 0.29) is 6.54 Å². The molecule has 0 unspecified atom stereocenters. The maximum atomic E-state index is 11.8. The second-order valence-corrected chi connectivity index (χ2v) is 3.94. The molecular formula is C13H13N3O2. The van der Waals surface area contributed by atoms with Crippen molar-refractivity contribution in [2.75, 3.05) is 12.3 Å². The van der Waals surface area contributed by atoms with E-state index in [4.69, 9.17) is 11.5 Å². The third-order valence-corrected chi connectivity index (χ3v) is 2.59. The van der Waals surface area contributed by atoms with Crippen LogP contribution in [-0.2, 0) is 4.79 Å². The number of benzene rings is 2. The first-order valence-electron chi connectivity index (χ1n) is 5.42. The van der Waals surface area contributed by atoms with Gasteiger partial charge in [-0.1, -0.05) is 24.3 Å². The SMILES string of the molecule is NC(=O)CNC(=O)c1cc2ccccc2cc1N. The lowest BCUT2D eigenvalue weighted by Crippen LogP contribution is -2.33. The Morgan fingerprint density at radius 3 is 2.33 bits per heavy atom. The molecule has 5 nitrogen and oxygen atoms in total. The zero-order chi connectivity index (χ0) is 13.1. The van der Waals surface area contributed by atoms with Crippen molar-refractivity contribution in [1.29, 1.82) is 0 Å². The average molecular weight is 243 g/mol. The van der Waals surface area contributed by atoms with Crippen molar-refractivity contribution in [2.45, 2.75) is 0 Å². The molecular weight excluding hydrogens is 230 g/mol. The molecule has 2 amide bonds. The Bertz CT molecular complexity index is 623. The van der Waals surface area contributed by atoms with Crippen LogP contribution >= 0.6 is 0 Å². The summed E-state index contributed by atoms with van der Waals surface area (Å²) in [5.74, 6) is -1.00. The van der Waals surface area contributed by atoms with Gasteiger partial charge in [0.25, 0.3) is 5.91 Å². The normalized spacial score (nSPS) is 10.2. The van der Waals surface area contributed by atoms with Crippen LogP contribution in [0.1, 0.15) is 10.4 Å². The molecule has 0 aliphatic rings. The minimum Gasteiger partial charge on any atom is -0.398 e. The second-order valence-electron chi connectivity index (χ2n) is 3.94. The topological polar surface area (TPSA) is 98.2 Å². The van der Waals surface area contributed by atoms with Gasteiger partial charge in [0.15, 0.2) is 0 Å². The Morgan fingerprint density at radius 1 is 1.11 bits per heavy atom. The van der Waals surface area contributed by atoms with Gasteiger partial charge in [-0.15, -0.1) is 0 Å². The molecule has 92 valence electrons. The highest BCUT2D eigenvalue weighted by atomic mass is 16.2. The Hall–Kier alpha value is -2.56. The minimum absolute atomic E-state index is 0.203. The van der Waals surface area contributed by atoms with E-state index in [1.54, 1.807) is 12.1 Å². The fourth-order valence-corrected chi connectivity index (χ4v) is 1.72. The van der Waals surface area contributed by atoms with Crippen molar-refractivity contribution in [3.05, 3.63) is 42.0 Å². The van der Waals surface area contributed by atoms with Crippen molar-refractivity contribution in [3.63, 3.8) is 0 Å². The van der Waals surface area contributed by atoms with Gasteiger partial charge in [-0.3, -0.25) is 9.59 Å². The van der Waals surface area contributed by atoms with Crippen molar-refractivity contribution in [2.24, 2.45) is 5.73 Å². The molecule has 0 saturated carbocycles. The summed E-state index contributed by atoms with van der Waals surface area (Å²) in [6.45, 7) is -0.203. The number of carbonyl (C=O) groups is 2. The average Bonchev–Trinajstić information content (AvgIpc) is 2.35. The van der Waals surface area contributed by atoms with E-state index in [0.29, 0.717) is 11.3 Å². The number of nitrogens with two attached hydrogens (primary N) is 2. The number of fused-ring (bicyclic) bond motifs is 1. The predicted molar refractivity (Wildman–Crippen MR) is 69.9 cm³/mol. The van der Waals surface area contributed by atoms with Gasteiger partial charge in [0.1, 0.15) is 0 Å². The molecule has 0 spiro atoms. The van der Waals surface area contributed by atoms with Crippen LogP contribution in [0.2, 0.25) is 0 Å². The van der Waals surface area contributed by atoms with E-state index in [1.165, 1.54) is 0 Å². The maximum absolute atomic E-state index is 11.8. The van der Waals surface area contributed by atoms with Crippen molar-refractivity contribution >= 4 is 28.3 Å². The van der Waals surface area contributed by atoms with Crippen LogP contribution in [0, 0.1) is 0 Å². The molecule has 2 aromatic carbocycles. The molecule has 0 aliphatic heterocycles. The zero-order valence-electron chi connectivity index (χ0n) is 9.64. The van der Waals surface area contributed by atoms with Crippen LogP contribution < -0.4 is 16.8 Å². The largest absolute Gasteiger partial charge is 0.398 e. The summed E-state index contributed by atoms with van der Waals surface area (Å²) in [6.07, 6.45) is 0. The highest BCUT2D eigenvalue weighted by Crippen LogP contribution is 2.21. The van der Waals surface area contributed by atoms with Gasteiger partial charge >= 0.3 is 0 Å². The summed E-state index contributed by atoms with van der Waals surface area (Å²) >= 11 is 0. The van der Waals surface area contributed by atoms with Gasteiger partial charge in [-0.25, -0.2) is 0 Å². The van der Waals surface area contributed by atoms with Crippen LogP contribution in [0.4, 0.5) is 5.69 Å². The lowest BCUT2D eigenvalue weighted by atomic mass is 10.0. The van der Waals surface area contributed by atoms with Crippen LogP contribution in [-0.4, -0.2) is 18.4 Å². The molecule has 5 N–H and O–H groups in total. The monoisotopic (exact) mass is 243 g/mol. The van der Waals surface area contributed by atoms with E-state index in [2.05, 4.69) is 5.32 Å². The minimum atomic E-state index is -0.595. The summed E-state index contributed by atoms with van der Waals surface area (Å²) in [6, 6.07) is 11.0. The van der Waals surface area contributed by atoms with E-state index in [1.807, 2.05) is 24.3 Å². The van der Waals surface area contributed by atoms with Crippen LogP contribution in [0.25, 0.3) is 10.8 Å². The number of rotatable bonds is 3. The third-order valence-electron chi connectivity index (χ3n) is 2.59. The molecule has 0 atom stereocenters. The molecule has 0 heterocycles. The molecule has 0 fully saturated rings. The van der Waals surface area contributed by atoms with Crippen LogP contribution in [0.5, 0.6) is 0 Å². The molecule has 2 aromatic rings. The fourth-order valence-electron chi connectivity index (χ4n) is 1.72. The maximum Gasteiger partial charge on any atom is 0.253 e. The van der Waals surface area contributed by atoms with E-state index in [0.717, 1.165) is 10.8 Å². The molecule has 0 bridgehead atoms. The van der Waals surface area contributed by atoms with Gasteiger partial charge in [-0.05, 0) is 22.9 Å². The zero-order valence-corrected chi connectivity index (χ0v) is 9.64. The van der Waals surface area contributed by atoms with Gasteiger partial charge in [0.05, 0.1) is 12.1 Å². The van der Waals surface area contributed by atoms with Gasteiger partial charge in [-0.2, -0.15) is 0 Å².